The molecule has 0 aliphatic heterocycles. The van der Waals surface area contributed by atoms with Crippen molar-refractivity contribution in [3.8, 4) is 0 Å². The SMILES string of the molecule is CCCCCCCCCCCCCC[N+](C)(C)CC.CCCCCCCCCCCCCC[N+](C)(C)CC.O=C([O-])[O-]. The third-order valence-electron chi connectivity index (χ3n) is 8.95. The second-order valence-corrected chi connectivity index (χ2v) is 14.0. The van der Waals surface area contributed by atoms with Crippen molar-refractivity contribution in [2.24, 2.45) is 0 Å². The van der Waals surface area contributed by atoms with Crippen LogP contribution in [0.15, 0.2) is 0 Å². The summed E-state index contributed by atoms with van der Waals surface area (Å²) in [5, 5.41) is 16.7. The predicted octanol–water partition coefficient (Wildman–Crippen LogP) is 9.12. The topological polar surface area (TPSA) is 63.2 Å². The summed E-state index contributed by atoms with van der Waals surface area (Å²) < 4.78 is 2.38. The molecule has 0 fully saturated rings. The number of unbranched alkanes of at least 4 members (excludes halogenated alkanes) is 22. The van der Waals surface area contributed by atoms with Gasteiger partial charge in [-0.2, -0.15) is 0 Å². The molecule has 0 radical (unpaired) electrons. The quantitative estimate of drug-likeness (QED) is 0.0664. The zero-order chi connectivity index (χ0) is 32.4. The van der Waals surface area contributed by atoms with Crippen LogP contribution in [0.3, 0.4) is 0 Å². The highest BCUT2D eigenvalue weighted by Crippen LogP contribution is 2.14. The maximum atomic E-state index is 8.33. The van der Waals surface area contributed by atoms with E-state index in [0.717, 1.165) is 0 Å². The van der Waals surface area contributed by atoms with E-state index in [1.807, 2.05) is 0 Å². The molecule has 0 saturated heterocycles. The van der Waals surface area contributed by atoms with Crippen LogP contribution in [0.4, 0.5) is 4.79 Å². The van der Waals surface area contributed by atoms with Gasteiger partial charge in [0.15, 0.2) is 0 Å². The lowest BCUT2D eigenvalue weighted by atomic mass is 10.1. The Balaban J connectivity index is -0.000000641. The second kappa shape index (κ2) is 34.7. The fourth-order valence-electron chi connectivity index (χ4n) is 5.08. The van der Waals surface area contributed by atoms with Crippen LogP contribution in [-0.4, -0.2) is 69.5 Å². The van der Waals surface area contributed by atoms with E-state index in [1.54, 1.807) is 0 Å². The first-order valence-corrected chi connectivity index (χ1v) is 18.5. The second-order valence-electron chi connectivity index (χ2n) is 14.0. The van der Waals surface area contributed by atoms with E-state index in [9.17, 15) is 0 Å². The van der Waals surface area contributed by atoms with Crippen LogP contribution in [0, 0.1) is 0 Å². The van der Waals surface area contributed by atoms with Crippen LogP contribution in [-0.2, 0) is 0 Å². The van der Waals surface area contributed by atoms with E-state index in [-0.39, 0.29) is 0 Å². The van der Waals surface area contributed by atoms with E-state index < -0.39 is 6.16 Å². The van der Waals surface area contributed by atoms with Gasteiger partial charge in [0.2, 0.25) is 0 Å². The molecule has 0 saturated carbocycles. The van der Waals surface area contributed by atoms with Crippen molar-refractivity contribution in [2.75, 3.05) is 54.4 Å². The average molecular weight is 601 g/mol. The Bertz CT molecular complexity index is 479. The Morgan fingerprint density at radius 3 is 0.714 bits per heavy atom. The zero-order valence-corrected chi connectivity index (χ0v) is 30.4. The van der Waals surface area contributed by atoms with Crippen LogP contribution >= 0.6 is 0 Å². The Morgan fingerprint density at radius 1 is 0.381 bits per heavy atom. The van der Waals surface area contributed by atoms with E-state index in [4.69, 9.17) is 15.0 Å². The zero-order valence-electron chi connectivity index (χ0n) is 30.4. The molecule has 0 aliphatic carbocycles. The van der Waals surface area contributed by atoms with Gasteiger partial charge in [-0.05, 0) is 45.7 Å². The Morgan fingerprint density at radius 2 is 0.548 bits per heavy atom. The summed E-state index contributed by atoms with van der Waals surface area (Å²) in [6.45, 7) is 14.4. The smallest absolute Gasteiger partial charge is 0.0782 e. The maximum absolute atomic E-state index is 8.33. The highest BCUT2D eigenvalue weighted by atomic mass is 16.6. The van der Waals surface area contributed by atoms with Gasteiger partial charge in [0.1, 0.15) is 0 Å². The van der Waals surface area contributed by atoms with Crippen LogP contribution < -0.4 is 10.2 Å². The van der Waals surface area contributed by atoms with Crippen molar-refractivity contribution < 1.29 is 24.0 Å². The summed E-state index contributed by atoms with van der Waals surface area (Å²) in [4.78, 5) is 8.33. The Hall–Kier alpha value is -0.810. The van der Waals surface area contributed by atoms with Gasteiger partial charge in [-0.1, -0.05) is 142 Å². The molecule has 0 N–H and O–H groups in total. The molecule has 0 aromatic rings. The minimum Gasteiger partial charge on any atom is -0.652 e. The highest BCUT2D eigenvalue weighted by Gasteiger charge is 2.10. The number of hydrogen-bond acceptors (Lipinski definition) is 3. The van der Waals surface area contributed by atoms with Gasteiger partial charge in [-0.15, -0.1) is 0 Å². The largest absolute Gasteiger partial charge is 0.652 e. The average Bonchev–Trinajstić information content (AvgIpc) is 2.94. The molecule has 256 valence electrons. The highest BCUT2D eigenvalue weighted by molar-refractivity contribution is 5.47. The van der Waals surface area contributed by atoms with Gasteiger partial charge in [0.05, 0.1) is 54.4 Å². The van der Waals surface area contributed by atoms with Gasteiger partial charge in [-0.25, -0.2) is 0 Å². The predicted molar refractivity (Wildman–Crippen MR) is 183 cm³/mol. The van der Waals surface area contributed by atoms with Crippen LogP contribution in [0.2, 0.25) is 0 Å². The normalized spacial score (nSPS) is 11.4. The summed E-state index contributed by atoms with van der Waals surface area (Å²) in [6.07, 6.45) is 32.5. The van der Waals surface area contributed by atoms with Crippen molar-refractivity contribution in [1.82, 2.24) is 0 Å². The number of hydrogen-bond donors (Lipinski definition) is 0. The standard InChI is InChI=1S/2C18H40N.CH2O3/c2*1-5-7-8-9-10-11-12-13-14-15-16-17-18-19(3,4)6-2;2-1(3)4/h2*5-18H2,1-4H3;(H2,2,3,4)/q2*+1;/p-2. The van der Waals surface area contributed by atoms with E-state index in [2.05, 4.69) is 55.9 Å². The van der Waals surface area contributed by atoms with Crippen molar-refractivity contribution in [1.29, 1.82) is 0 Å². The third-order valence-corrected chi connectivity index (χ3v) is 8.95. The van der Waals surface area contributed by atoms with Crippen molar-refractivity contribution >= 4 is 6.16 Å². The number of carboxylic acid groups (broad SMARTS) is 2. The number of carbonyl (C=O) groups excluding carboxylic acids is 1. The van der Waals surface area contributed by atoms with Gasteiger partial charge >= 0.3 is 0 Å². The Labute approximate surface area is 266 Å². The number of rotatable bonds is 28. The van der Waals surface area contributed by atoms with E-state index in [1.165, 1.54) is 189 Å². The lowest BCUT2D eigenvalue weighted by Crippen LogP contribution is -2.39. The monoisotopic (exact) mass is 601 g/mol. The molecule has 5 nitrogen and oxygen atoms in total. The lowest BCUT2D eigenvalue weighted by Gasteiger charge is -2.28. The third kappa shape index (κ3) is 46.2. The number of quaternary nitrogens is 2. The molecular weight excluding hydrogens is 520 g/mol. The first kappa shape index (κ1) is 45.6. The lowest BCUT2D eigenvalue weighted by molar-refractivity contribution is -0.888. The Kier molecular flexibility index (Phi) is 37.7. The van der Waals surface area contributed by atoms with Gasteiger partial charge in [0.25, 0.3) is 0 Å². The molecular formula is C37H80N2O3. The molecule has 42 heavy (non-hydrogen) atoms. The fourth-order valence-corrected chi connectivity index (χ4v) is 5.08. The number of carbonyl (C=O) groups is 1. The van der Waals surface area contributed by atoms with Gasteiger partial charge in [0, 0.05) is 0 Å². The van der Waals surface area contributed by atoms with Gasteiger partial charge < -0.3 is 24.0 Å². The molecule has 0 aromatic carbocycles. The summed E-state index contributed by atoms with van der Waals surface area (Å²) in [7, 11) is 9.38. The van der Waals surface area contributed by atoms with Crippen LogP contribution in [0.25, 0.3) is 0 Å². The first-order valence-electron chi connectivity index (χ1n) is 18.5. The maximum Gasteiger partial charge on any atom is 0.0782 e. The van der Waals surface area contributed by atoms with Crippen molar-refractivity contribution in [3.63, 3.8) is 0 Å². The molecule has 0 aliphatic rings. The molecule has 0 spiro atoms. The molecule has 0 atom stereocenters. The van der Waals surface area contributed by atoms with Crippen molar-refractivity contribution in [3.05, 3.63) is 0 Å². The molecule has 0 heterocycles. The van der Waals surface area contributed by atoms with Crippen molar-refractivity contribution in [2.45, 2.75) is 182 Å². The fraction of sp³-hybridized carbons (Fsp3) is 0.973. The molecule has 0 amide bonds. The minimum absolute atomic E-state index is 1.19. The molecule has 0 rings (SSSR count). The van der Waals surface area contributed by atoms with Crippen LogP contribution in [0.1, 0.15) is 182 Å². The van der Waals surface area contributed by atoms with Gasteiger partial charge in [-0.3, -0.25) is 0 Å². The summed E-state index contributed by atoms with van der Waals surface area (Å²) >= 11 is 0. The molecule has 0 aromatic heterocycles. The summed E-state index contributed by atoms with van der Waals surface area (Å²) in [5.74, 6) is 0. The van der Waals surface area contributed by atoms with E-state index >= 15 is 0 Å². The first-order chi connectivity index (χ1) is 20.0. The molecule has 5 heteroatoms. The van der Waals surface area contributed by atoms with E-state index in [0.29, 0.717) is 0 Å². The summed E-state index contributed by atoms with van der Waals surface area (Å²) in [6, 6.07) is 0. The minimum atomic E-state index is -2.33. The van der Waals surface area contributed by atoms with Crippen LogP contribution in [0.5, 0.6) is 0 Å². The summed E-state index contributed by atoms with van der Waals surface area (Å²) in [5.41, 5.74) is 0. The number of nitrogens with zero attached hydrogens (tertiary/aromatic N) is 2. The molecule has 0 unspecified atom stereocenters. The molecule has 0 bridgehead atoms.